The minimum atomic E-state index is -0.527. The molecule has 0 atom stereocenters. The van der Waals surface area contributed by atoms with Crippen molar-refractivity contribution in [1.82, 2.24) is 0 Å². The molecule has 1 aromatic heterocycles. The Bertz CT molecular complexity index is 789. The molecule has 1 aromatic carbocycles. The molecule has 0 saturated heterocycles. The normalized spacial score (nSPS) is 11.5. The zero-order valence-electron chi connectivity index (χ0n) is 12.3. The van der Waals surface area contributed by atoms with E-state index >= 15 is 0 Å². The van der Waals surface area contributed by atoms with E-state index in [9.17, 15) is 20.2 Å². The highest BCUT2D eigenvalue weighted by Gasteiger charge is 2.19. The van der Waals surface area contributed by atoms with Crippen LogP contribution in [0.25, 0.3) is 17.4 Å². The number of furan rings is 1. The van der Waals surface area contributed by atoms with Gasteiger partial charge in [-0.15, -0.1) is 0 Å². The average molecular weight is 302 g/mol. The van der Waals surface area contributed by atoms with Gasteiger partial charge in [0.15, 0.2) is 0 Å². The minimum Gasteiger partial charge on any atom is -0.456 e. The Labute approximate surface area is 126 Å². The van der Waals surface area contributed by atoms with E-state index < -0.39 is 9.85 Å². The van der Waals surface area contributed by atoms with Crippen molar-refractivity contribution in [2.24, 2.45) is 0 Å². The summed E-state index contributed by atoms with van der Waals surface area (Å²) in [7, 11) is 0. The number of aryl methyl sites for hydroxylation is 2. The third-order valence-electron chi connectivity index (χ3n) is 3.34. The lowest BCUT2D eigenvalue weighted by Gasteiger charge is -2.04. The standard InChI is InChI=1S/C15H14N2O5/c1-9-6-13(14(17(20)21)7-10(9)2)15-5-4-12(22-15)8-11(3)16(18)19/h4-8H,1-3H3. The van der Waals surface area contributed by atoms with E-state index in [1.807, 2.05) is 6.92 Å². The molecule has 7 heteroatoms. The highest BCUT2D eigenvalue weighted by molar-refractivity contribution is 5.72. The summed E-state index contributed by atoms with van der Waals surface area (Å²) < 4.78 is 5.49. The topological polar surface area (TPSA) is 99.4 Å². The summed E-state index contributed by atoms with van der Waals surface area (Å²) in [5, 5.41) is 21.8. The van der Waals surface area contributed by atoms with Crippen LogP contribution in [0, 0.1) is 34.1 Å². The number of rotatable bonds is 4. The van der Waals surface area contributed by atoms with Crippen molar-refractivity contribution >= 4 is 11.8 Å². The van der Waals surface area contributed by atoms with Crippen LogP contribution >= 0.6 is 0 Å². The number of nitro groups is 2. The monoisotopic (exact) mass is 302 g/mol. The van der Waals surface area contributed by atoms with Crippen LogP contribution in [-0.2, 0) is 0 Å². The van der Waals surface area contributed by atoms with Crippen molar-refractivity contribution in [2.75, 3.05) is 0 Å². The number of benzene rings is 1. The Balaban J connectivity index is 2.52. The quantitative estimate of drug-likeness (QED) is 0.625. The van der Waals surface area contributed by atoms with Gasteiger partial charge in [0.05, 0.1) is 21.5 Å². The minimum absolute atomic E-state index is 0.0565. The molecule has 0 fully saturated rings. The number of nitrogens with zero attached hydrogens (tertiary/aromatic N) is 2. The van der Waals surface area contributed by atoms with Gasteiger partial charge in [-0.1, -0.05) is 0 Å². The maximum Gasteiger partial charge on any atom is 0.280 e. The Morgan fingerprint density at radius 3 is 2.36 bits per heavy atom. The lowest BCUT2D eigenvalue weighted by Crippen LogP contribution is -1.94. The van der Waals surface area contributed by atoms with Gasteiger partial charge in [0.2, 0.25) is 5.70 Å². The SMILES string of the molecule is CC(=Cc1ccc(-c2cc(C)c(C)cc2[N+](=O)[O-])o1)[N+](=O)[O-]. The smallest absolute Gasteiger partial charge is 0.280 e. The van der Waals surface area contributed by atoms with Gasteiger partial charge in [0.1, 0.15) is 11.5 Å². The van der Waals surface area contributed by atoms with Crippen molar-refractivity contribution in [1.29, 1.82) is 0 Å². The van der Waals surface area contributed by atoms with Crippen LogP contribution in [0.4, 0.5) is 5.69 Å². The van der Waals surface area contributed by atoms with Crippen molar-refractivity contribution < 1.29 is 14.3 Å². The summed E-state index contributed by atoms with van der Waals surface area (Å²) in [5.74, 6) is 0.578. The summed E-state index contributed by atoms with van der Waals surface area (Å²) >= 11 is 0. The van der Waals surface area contributed by atoms with E-state index in [1.54, 1.807) is 25.1 Å². The molecular weight excluding hydrogens is 288 g/mol. The van der Waals surface area contributed by atoms with E-state index in [0.717, 1.165) is 11.1 Å². The second-order valence-corrected chi connectivity index (χ2v) is 4.96. The van der Waals surface area contributed by atoms with Crippen molar-refractivity contribution in [3.63, 3.8) is 0 Å². The molecule has 0 N–H and O–H groups in total. The van der Waals surface area contributed by atoms with E-state index in [4.69, 9.17) is 4.42 Å². The van der Waals surface area contributed by atoms with Crippen LogP contribution in [0.5, 0.6) is 0 Å². The molecule has 0 radical (unpaired) electrons. The molecule has 0 saturated carbocycles. The van der Waals surface area contributed by atoms with Gasteiger partial charge in [-0.2, -0.15) is 0 Å². The summed E-state index contributed by atoms with van der Waals surface area (Å²) in [6.07, 6.45) is 1.27. The lowest BCUT2D eigenvalue weighted by atomic mass is 10.0. The molecule has 0 aliphatic heterocycles. The predicted molar refractivity (Wildman–Crippen MR) is 80.9 cm³/mol. The second-order valence-electron chi connectivity index (χ2n) is 4.96. The van der Waals surface area contributed by atoms with Crippen molar-refractivity contribution in [3.05, 3.63) is 67.1 Å². The molecule has 7 nitrogen and oxygen atoms in total. The highest BCUT2D eigenvalue weighted by Crippen LogP contribution is 2.34. The Hall–Kier alpha value is -2.96. The molecule has 114 valence electrons. The second kappa shape index (κ2) is 5.80. The molecule has 0 bridgehead atoms. The first-order valence-electron chi connectivity index (χ1n) is 6.48. The molecule has 0 amide bonds. The van der Waals surface area contributed by atoms with Gasteiger partial charge in [-0.05, 0) is 43.2 Å². The van der Waals surface area contributed by atoms with Gasteiger partial charge >= 0.3 is 0 Å². The van der Waals surface area contributed by atoms with Gasteiger partial charge in [-0.25, -0.2) is 0 Å². The van der Waals surface area contributed by atoms with E-state index in [-0.39, 0.29) is 17.1 Å². The maximum atomic E-state index is 11.2. The van der Waals surface area contributed by atoms with E-state index in [2.05, 4.69) is 0 Å². The summed E-state index contributed by atoms with van der Waals surface area (Å²) in [4.78, 5) is 20.8. The average Bonchev–Trinajstić information content (AvgIpc) is 2.89. The summed E-state index contributed by atoms with van der Waals surface area (Å²) in [6.45, 7) is 4.99. The zero-order valence-corrected chi connectivity index (χ0v) is 12.3. The molecule has 0 spiro atoms. The third kappa shape index (κ3) is 3.03. The Morgan fingerprint density at radius 2 is 1.77 bits per heavy atom. The Kier molecular flexibility index (Phi) is 4.07. The van der Waals surface area contributed by atoms with Crippen molar-refractivity contribution in [2.45, 2.75) is 20.8 Å². The van der Waals surface area contributed by atoms with Crippen LogP contribution in [0.1, 0.15) is 23.8 Å². The van der Waals surface area contributed by atoms with Crippen LogP contribution in [0.3, 0.4) is 0 Å². The first kappa shape index (κ1) is 15.4. The molecule has 0 aliphatic rings. The molecule has 22 heavy (non-hydrogen) atoms. The van der Waals surface area contributed by atoms with Crippen LogP contribution in [-0.4, -0.2) is 9.85 Å². The molecule has 0 unspecified atom stereocenters. The van der Waals surface area contributed by atoms with E-state index in [0.29, 0.717) is 11.3 Å². The fraction of sp³-hybridized carbons (Fsp3) is 0.200. The first-order valence-corrected chi connectivity index (χ1v) is 6.48. The summed E-state index contributed by atoms with van der Waals surface area (Å²) in [6, 6.07) is 6.28. The number of allylic oxidation sites excluding steroid dienone is 1. The third-order valence-corrected chi connectivity index (χ3v) is 3.34. The molecule has 2 aromatic rings. The number of hydrogen-bond donors (Lipinski definition) is 0. The first-order chi connectivity index (χ1) is 10.3. The van der Waals surface area contributed by atoms with Crippen LogP contribution < -0.4 is 0 Å². The number of nitro benzene ring substituents is 1. The number of hydrogen-bond acceptors (Lipinski definition) is 5. The maximum absolute atomic E-state index is 11.2. The summed E-state index contributed by atoms with van der Waals surface area (Å²) in [5.41, 5.74) is 1.93. The molecule has 2 rings (SSSR count). The fourth-order valence-corrected chi connectivity index (χ4v) is 1.98. The lowest BCUT2D eigenvalue weighted by molar-refractivity contribution is -0.422. The van der Waals surface area contributed by atoms with Crippen LogP contribution in [0.15, 0.2) is 34.4 Å². The van der Waals surface area contributed by atoms with Gasteiger partial charge in [0.25, 0.3) is 5.69 Å². The molecular formula is C15H14N2O5. The van der Waals surface area contributed by atoms with Gasteiger partial charge < -0.3 is 4.42 Å². The zero-order chi connectivity index (χ0) is 16.4. The highest BCUT2D eigenvalue weighted by atomic mass is 16.6. The van der Waals surface area contributed by atoms with Crippen LogP contribution in [0.2, 0.25) is 0 Å². The fourth-order valence-electron chi connectivity index (χ4n) is 1.98. The van der Waals surface area contributed by atoms with Gasteiger partial charge in [-0.3, -0.25) is 20.2 Å². The predicted octanol–water partition coefficient (Wildman–Crippen LogP) is 4.11. The van der Waals surface area contributed by atoms with E-state index in [1.165, 1.54) is 19.1 Å². The van der Waals surface area contributed by atoms with Gasteiger partial charge in [0, 0.05) is 13.0 Å². The van der Waals surface area contributed by atoms with Crippen molar-refractivity contribution in [3.8, 4) is 11.3 Å². The molecule has 1 heterocycles. The Morgan fingerprint density at radius 1 is 1.14 bits per heavy atom. The largest absolute Gasteiger partial charge is 0.456 e. The molecule has 0 aliphatic carbocycles.